The molecule has 5 heteroatoms. The standard InChI is InChI=1S/C14H13FN4/c1-9(16)10-6-7-13(11(15)8-10)19-14-5-3-2-4-12(14)17-18-19/h2-9H,16H2,1H3/t9-/m0/s1. The topological polar surface area (TPSA) is 56.7 Å². The molecule has 1 heterocycles. The number of halogens is 1. The summed E-state index contributed by atoms with van der Waals surface area (Å²) in [6, 6.07) is 12.2. The fourth-order valence-corrected chi connectivity index (χ4v) is 2.03. The van der Waals surface area contributed by atoms with Crippen LogP contribution in [0.25, 0.3) is 16.7 Å². The van der Waals surface area contributed by atoms with Crippen molar-refractivity contribution in [2.75, 3.05) is 0 Å². The van der Waals surface area contributed by atoms with Crippen molar-refractivity contribution in [2.45, 2.75) is 13.0 Å². The summed E-state index contributed by atoms with van der Waals surface area (Å²) in [5, 5.41) is 8.01. The molecule has 2 aromatic carbocycles. The summed E-state index contributed by atoms with van der Waals surface area (Å²) < 4.78 is 15.7. The van der Waals surface area contributed by atoms with Gasteiger partial charge in [-0.1, -0.05) is 23.4 Å². The van der Waals surface area contributed by atoms with Crippen molar-refractivity contribution >= 4 is 11.0 Å². The molecule has 0 amide bonds. The summed E-state index contributed by atoms with van der Waals surface area (Å²) in [5.41, 5.74) is 8.38. The van der Waals surface area contributed by atoms with Gasteiger partial charge in [0.1, 0.15) is 17.0 Å². The number of nitrogens with zero attached hydrogens (tertiary/aromatic N) is 3. The predicted octanol–water partition coefficient (Wildman–Crippen LogP) is 2.58. The second-order valence-electron chi connectivity index (χ2n) is 4.49. The van der Waals surface area contributed by atoms with Gasteiger partial charge in [0.15, 0.2) is 0 Å². The van der Waals surface area contributed by atoms with Crippen molar-refractivity contribution < 1.29 is 4.39 Å². The maximum Gasteiger partial charge on any atom is 0.149 e. The molecule has 0 bridgehead atoms. The molecule has 0 spiro atoms. The fraction of sp³-hybridized carbons (Fsp3) is 0.143. The highest BCUT2D eigenvalue weighted by Gasteiger charge is 2.11. The Morgan fingerprint density at radius 1 is 1.21 bits per heavy atom. The predicted molar refractivity (Wildman–Crippen MR) is 71.4 cm³/mol. The number of hydrogen-bond acceptors (Lipinski definition) is 3. The zero-order chi connectivity index (χ0) is 13.4. The van der Waals surface area contributed by atoms with Crippen LogP contribution in [0.4, 0.5) is 4.39 Å². The van der Waals surface area contributed by atoms with E-state index in [-0.39, 0.29) is 11.9 Å². The van der Waals surface area contributed by atoms with Crippen LogP contribution in [-0.4, -0.2) is 15.0 Å². The summed E-state index contributed by atoms with van der Waals surface area (Å²) in [6.07, 6.45) is 0. The Morgan fingerprint density at radius 2 is 2.00 bits per heavy atom. The van der Waals surface area contributed by atoms with Crippen molar-refractivity contribution in [1.82, 2.24) is 15.0 Å². The molecule has 4 nitrogen and oxygen atoms in total. The number of fused-ring (bicyclic) bond motifs is 1. The van der Waals surface area contributed by atoms with Gasteiger partial charge < -0.3 is 5.73 Å². The first-order chi connectivity index (χ1) is 9.16. The zero-order valence-electron chi connectivity index (χ0n) is 10.4. The molecule has 3 aromatic rings. The van der Waals surface area contributed by atoms with Gasteiger partial charge in [-0.25, -0.2) is 9.07 Å². The first-order valence-corrected chi connectivity index (χ1v) is 6.02. The summed E-state index contributed by atoms with van der Waals surface area (Å²) in [5.74, 6) is -0.356. The zero-order valence-corrected chi connectivity index (χ0v) is 10.4. The maximum absolute atomic E-state index is 14.2. The summed E-state index contributed by atoms with van der Waals surface area (Å²) in [6.45, 7) is 1.82. The normalized spacial score (nSPS) is 12.8. The lowest BCUT2D eigenvalue weighted by Gasteiger charge is -2.09. The van der Waals surface area contributed by atoms with Gasteiger partial charge in [0.25, 0.3) is 0 Å². The molecule has 96 valence electrons. The van der Waals surface area contributed by atoms with E-state index in [2.05, 4.69) is 10.3 Å². The van der Waals surface area contributed by atoms with Crippen molar-refractivity contribution in [2.24, 2.45) is 5.73 Å². The number of benzene rings is 2. The Hall–Kier alpha value is -2.27. The average molecular weight is 256 g/mol. The molecule has 1 atom stereocenters. The van der Waals surface area contributed by atoms with Crippen molar-refractivity contribution in [3.8, 4) is 5.69 Å². The molecular formula is C14H13FN4. The third kappa shape index (κ3) is 1.98. The molecule has 0 aliphatic heterocycles. The SMILES string of the molecule is C[C@H](N)c1ccc(-n2nnc3ccccc32)c(F)c1. The third-order valence-electron chi connectivity index (χ3n) is 3.08. The van der Waals surface area contributed by atoms with Gasteiger partial charge in [0.2, 0.25) is 0 Å². The Bertz CT molecular complexity index is 733. The maximum atomic E-state index is 14.2. The summed E-state index contributed by atoms with van der Waals surface area (Å²) in [4.78, 5) is 0. The second kappa shape index (κ2) is 4.44. The quantitative estimate of drug-likeness (QED) is 0.766. The molecule has 0 radical (unpaired) electrons. The van der Waals surface area contributed by atoms with Crippen molar-refractivity contribution in [1.29, 1.82) is 0 Å². The summed E-state index contributed by atoms with van der Waals surface area (Å²) in [7, 11) is 0. The molecular weight excluding hydrogens is 243 g/mol. The average Bonchev–Trinajstić information content (AvgIpc) is 2.82. The highest BCUT2D eigenvalue weighted by Crippen LogP contribution is 2.21. The second-order valence-corrected chi connectivity index (χ2v) is 4.49. The molecule has 0 unspecified atom stereocenters. The number of nitrogens with two attached hydrogens (primary N) is 1. The van der Waals surface area contributed by atoms with Crippen LogP contribution in [0.2, 0.25) is 0 Å². The Labute approximate surface area is 109 Å². The Kier molecular flexibility index (Phi) is 2.76. The van der Waals surface area contributed by atoms with Crippen LogP contribution >= 0.6 is 0 Å². The van der Waals surface area contributed by atoms with Gasteiger partial charge in [0.05, 0.1) is 5.52 Å². The molecule has 2 N–H and O–H groups in total. The van der Waals surface area contributed by atoms with Gasteiger partial charge in [-0.3, -0.25) is 0 Å². The molecule has 1 aromatic heterocycles. The number of para-hydroxylation sites is 1. The van der Waals surface area contributed by atoms with E-state index in [1.165, 1.54) is 10.7 Å². The van der Waals surface area contributed by atoms with E-state index in [0.29, 0.717) is 5.69 Å². The van der Waals surface area contributed by atoms with E-state index in [4.69, 9.17) is 5.73 Å². The molecule has 0 aliphatic rings. The number of hydrogen-bond donors (Lipinski definition) is 1. The monoisotopic (exact) mass is 256 g/mol. The molecule has 19 heavy (non-hydrogen) atoms. The van der Waals surface area contributed by atoms with Crippen LogP contribution in [0.5, 0.6) is 0 Å². The van der Waals surface area contributed by atoms with Crippen molar-refractivity contribution in [3.63, 3.8) is 0 Å². The Morgan fingerprint density at radius 3 is 2.74 bits per heavy atom. The van der Waals surface area contributed by atoms with E-state index in [1.807, 2.05) is 31.2 Å². The summed E-state index contributed by atoms with van der Waals surface area (Å²) >= 11 is 0. The van der Waals surface area contributed by atoms with Crippen LogP contribution in [-0.2, 0) is 0 Å². The minimum Gasteiger partial charge on any atom is -0.324 e. The van der Waals surface area contributed by atoms with E-state index in [1.54, 1.807) is 12.1 Å². The first kappa shape index (κ1) is 11.8. The number of rotatable bonds is 2. The molecule has 0 saturated carbocycles. The van der Waals surface area contributed by atoms with Crippen LogP contribution < -0.4 is 5.73 Å². The number of aromatic nitrogens is 3. The van der Waals surface area contributed by atoms with Crippen LogP contribution in [0.1, 0.15) is 18.5 Å². The van der Waals surface area contributed by atoms with E-state index in [0.717, 1.165) is 16.6 Å². The fourth-order valence-electron chi connectivity index (χ4n) is 2.03. The van der Waals surface area contributed by atoms with Crippen LogP contribution in [0.3, 0.4) is 0 Å². The van der Waals surface area contributed by atoms with E-state index < -0.39 is 0 Å². The van der Waals surface area contributed by atoms with Crippen LogP contribution in [0, 0.1) is 5.82 Å². The lowest BCUT2D eigenvalue weighted by molar-refractivity contribution is 0.605. The van der Waals surface area contributed by atoms with Crippen molar-refractivity contribution in [3.05, 3.63) is 53.8 Å². The third-order valence-corrected chi connectivity index (χ3v) is 3.08. The van der Waals surface area contributed by atoms with E-state index >= 15 is 0 Å². The lowest BCUT2D eigenvalue weighted by Crippen LogP contribution is -2.07. The smallest absolute Gasteiger partial charge is 0.149 e. The van der Waals surface area contributed by atoms with Crippen LogP contribution in [0.15, 0.2) is 42.5 Å². The van der Waals surface area contributed by atoms with E-state index in [9.17, 15) is 4.39 Å². The van der Waals surface area contributed by atoms with Gasteiger partial charge in [-0.15, -0.1) is 5.10 Å². The minimum absolute atomic E-state index is 0.198. The van der Waals surface area contributed by atoms with Gasteiger partial charge in [-0.05, 0) is 36.8 Å². The first-order valence-electron chi connectivity index (χ1n) is 6.02. The highest BCUT2D eigenvalue weighted by atomic mass is 19.1. The molecule has 0 saturated heterocycles. The highest BCUT2D eigenvalue weighted by molar-refractivity contribution is 5.75. The van der Waals surface area contributed by atoms with Gasteiger partial charge in [-0.2, -0.15) is 0 Å². The van der Waals surface area contributed by atoms with Gasteiger partial charge >= 0.3 is 0 Å². The lowest BCUT2D eigenvalue weighted by atomic mass is 10.1. The Balaban J connectivity index is 2.17. The largest absolute Gasteiger partial charge is 0.324 e. The minimum atomic E-state index is -0.356. The van der Waals surface area contributed by atoms with Gasteiger partial charge in [0, 0.05) is 6.04 Å². The molecule has 0 fully saturated rings. The molecule has 3 rings (SSSR count). The molecule has 0 aliphatic carbocycles.